The van der Waals surface area contributed by atoms with Gasteiger partial charge in [-0.05, 0) is 52.1 Å². The lowest BCUT2D eigenvalue weighted by molar-refractivity contribution is 0.354. The maximum atomic E-state index is 6.29. The maximum absolute atomic E-state index is 6.29. The monoisotopic (exact) mass is 389 g/mol. The van der Waals surface area contributed by atoms with Crippen molar-refractivity contribution in [3.05, 3.63) is 43.5 Å². The molecule has 0 amide bonds. The fourth-order valence-corrected chi connectivity index (χ4v) is 4.04. The zero-order chi connectivity index (χ0) is 15.4. The molecule has 0 spiro atoms. The van der Waals surface area contributed by atoms with Crippen molar-refractivity contribution in [2.75, 3.05) is 21.3 Å². The summed E-state index contributed by atoms with van der Waals surface area (Å²) in [6, 6.07) is 6.10. The van der Waals surface area contributed by atoms with E-state index in [1.165, 1.54) is 4.88 Å². The standard InChI is InChI=1S/C15H17BrClNO2S/c1-18-12(8-14-10(16)4-5-21-14)9-6-11(17)15(20-3)13(7-9)19-2/h4-7,12,18H,8H2,1-3H3. The lowest BCUT2D eigenvalue weighted by atomic mass is 10.0. The highest BCUT2D eigenvalue weighted by Gasteiger charge is 2.18. The quantitative estimate of drug-likeness (QED) is 0.776. The molecule has 0 aliphatic heterocycles. The lowest BCUT2D eigenvalue weighted by Crippen LogP contribution is -2.18. The third-order valence-corrected chi connectivity index (χ3v) is 5.52. The van der Waals surface area contributed by atoms with Gasteiger partial charge in [0.25, 0.3) is 0 Å². The predicted molar refractivity (Wildman–Crippen MR) is 92.1 cm³/mol. The summed E-state index contributed by atoms with van der Waals surface area (Å²) < 4.78 is 11.8. The van der Waals surface area contributed by atoms with Crippen molar-refractivity contribution in [2.45, 2.75) is 12.5 Å². The Hall–Kier alpha value is -0.750. The summed E-state index contributed by atoms with van der Waals surface area (Å²) in [7, 11) is 5.14. The summed E-state index contributed by atoms with van der Waals surface area (Å²) in [6.07, 6.45) is 0.876. The topological polar surface area (TPSA) is 30.5 Å². The Morgan fingerprint density at radius 2 is 2.10 bits per heavy atom. The van der Waals surface area contributed by atoms with Gasteiger partial charge in [-0.2, -0.15) is 0 Å². The number of thiophene rings is 1. The van der Waals surface area contributed by atoms with Gasteiger partial charge in [-0.25, -0.2) is 0 Å². The summed E-state index contributed by atoms with van der Waals surface area (Å²) in [5.74, 6) is 1.21. The van der Waals surface area contributed by atoms with E-state index in [0.717, 1.165) is 16.5 Å². The minimum atomic E-state index is 0.150. The van der Waals surface area contributed by atoms with Crippen molar-refractivity contribution in [2.24, 2.45) is 0 Å². The van der Waals surface area contributed by atoms with Crippen molar-refractivity contribution in [1.82, 2.24) is 5.32 Å². The third kappa shape index (κ3) is 3.72. The van der Waals surface area contributed by atoms with E-state index in [4.69, 9.17) is 21.1 Å². The summed E-state index contributed by atoms with van der Waals surface area (Å²) in [5.41, 5.74) is 1.07. The van der Waals surface area contributed by atoms with Crippen LogP contribution in [0.15, 0.2) is 28.1 Å². The molecule has 1 N–H and O–H groups in total. The molecule has 1 aromatic carbocycles. The summed E-state index contributed by atoms with van der Waals surface area (Å²) >= 11 is 11.6. The number of ether oxygens (including phenoxy) is 2. The predicted octanol–water partition coefficient (Wildman–Crippen LogP) is 4.68. The fourth-order valence-electron chi connectivity index (χ4n) is 2.18. The number of benzene rings is 1. The number of halogens is 2. The molecule has 3 nitrogen and oxygen atoms in total. The summed E-state index contributed by atoms with van der Waals surface area (Å²) in [6.45, 7) is 0. The van der Waals surface area contributed by atoms with Crippen LogP contribution in [-0.2, 0) is 6.42 Å². The largest absolute Gasteiger partial charge is 0.493 e. The van der Waals surface area contributed by atoms with Gasteiger partial charge in [-0.1, -0.05) is 11.6 Å². The smallest absolute Gasteiger partial charge is 0.179 e. The average Bonchev–Trinajstić information content (AvgIpc) is 2.88. The zero-order valence-corrected chi connectivity index (χ0v) is 15.2. The second kappa shape index (κ2) is 7.49. The Labute approximate surface area is 142 Å². The van der Waals surface area contributed by atoms with Crippen LogP contribution in [0.3, 0.4) is 0 Å². The van der Waals surface area contributed by atoms with Crippen molar-refractivity contribution in [3.8, 4) is 11.5 Å². The molecule has 21 heavy (non-hydrogen) atoms. The lowest BCUT2D eigenvalue weighted by Gasteiger charge is -2.19. The highest BCUT2D eigenvalue weighted by Crippen LogP contribution is 2.38. The van der Waals surface area contributed by atoms with Crippen LogP contribution in [0.2, 0.25) is 5.02 Å². The van der Waals surface area contributed by atoms with Gasteiger partial charge >= 0.3 is 0 Å². The van der Waals surface area contributed by atoms with Crippen LogP contribution >= 0.6 is 38.9 Å². The molecule has 0 aliphatic carbocycles. The van der Waals surface area contributed by atoms with Crippen molar-refractivity contribution in [1.29, 1.82) is 0 Å². The Bertz CT molecular complexity index is 618. The molecule has 2 rings (SSSR count). The molecule has 1 heterocycles. The highest BCUT2D eigenvalue weighted by atomic mass is 79.9. The van der Waals surface area contributed by atoms with Gasteiger partial charge in [0.2, 0.25) is 0 Å². The second-order valence-electron chi connectivity index (χ2n) is 4.48. The molecular weight excluding hydrogens is 374 g/mol. The minimum Gasteiger partial charge on any atom is -0.493 e. The van der Waals surface area contributed by atoms with Crippen molar-refractivity contribution < 1.29 is 9.47 Å². The van der Waals surface area contributed by atoms with Gasteiger partial charge in [0.15, 0.2) is 11.5 Å². The molecule has 0 fully saturated rings. The molecule has 114 valence electrons. The van der Waals surface area contributed by atoms with E-state index in [1.807, 2.05) is 19.2 Å². The number of hydrogen-bond donors (Lipinski definition) is 1. The van der Waals surface area contributed by atoms with E-state index >= 15 is 0 Å². The molecule has 6 heteroatoms. The maximum Gasteiger partial charge on any atom is 0.179 e. The first-order valence-electron chi connectivity index (χ1n) is 6.41. The van der Waals surface area contributed by atoms with Crippen LogP contribution in [0, 0.1) is 0 Å². The first kappa shape index (κ1) is 16.6. The third-order valence-electron chi connectivity index (χ3n) is 3.29. The summed E-state index contributed by atoms with van der Waals surface area (Å²) in [4.78, 5) is 1.29. The molecule has 1 atom stereocenters. The van der Waals surface area contributed by atoms with Crippen LogP contribution < -0.4 is 14.8 Å². The van der Waals surface area contributed by atoms with Gasteiger partial charge in [-0.3, -0.25) is 0 Å². The molecule has 2 aromatic rings. The first-order chi connectivity index (χ1) is 10.1. The van der Waals surface area contributed by atoms with E-state index in [2.05, 4.69) is 32.7 Å². The molecule has 0 saturated carbocycles. The number of hydrogen-bond acceptors (Lipinski definition) is 4. The minimum absolute atomic E-state index is 0.150. The Balaban J connectivity index is 2.34. The van der Waals surface area contributed by atoms with Gasteiger partial charge in [-0.15, -0.1) is 11.3 Å². The Morgan fingerprint density at radius 1 is 1.33 bits per heavy atom. The highest BCUT2D eigenvalue weighted by molar-refractivity contribution is 9.10. The molecular formula is C15H17BrClNO2S. The Kier molecular flexibility index (Phi) is 5.93. The van der Waals surface area contributed by atoms with Crippen LogP contribution in [0.25, 0.3) is 0 Å². The number of methoxy groups -OCH3 is 2. The van der Waals surface area contributed by atoms with Crippen molar-refractivity contribution >= 4 is 38.9 Å². The van der Waals surface area contributed by atoms with E-state index in [9.17, 15) is 0 Å². The van der Waals surface area contributed by atoms with Crippen LogP contribution in [-0.4, -0.2) is 21.3 Å². The van der Waals surface area contributed by atoms with Crippen LogP contribution in [0.1, 0.15) is 16.5 Å². The van der Waals surface area contributed by atoms with Crippen molar-refractivity contribution in [3.63, 3.8) is 0 Å². The number of likely N-dealkylation sites (N-methyl/N-ethyl adjacent to an activating group) is 1. The van der Waals surface area contributed by atoms with E-state index in [0.29, 0.717) is 16.5 Å². The van der Waals surface area contributed by atoms with E-state index in [1.54, 1.807) is 25.6 Å². The molecule has 0 bridgehead atoms. The first-order valence-corrected chi connectivity index (χ1v) is 8.46. The fraction of sp³-hybridized carbons (Fsp3) is 0.333. The zero-order valence-electron chi connectivity index (χ0n) is 12.1. The van der Waals surface area contributed by atoms with Crippen LogP contribution in [0.4, 0.5) is 0 Å². The van der Waals surface area contributed by atoms with E-state index in [-0.39, 0.29) is 6.04 Å². The number of rotatable bonds is 6. The Morgan fingerprint density at radius 3 is 2.62 bits per heavy atom. The molecule has 0 aliphatic rings. The molecule has 0 saturated heterocycles. The van der Waals surface area contributed by atoms with Gasteiger partial charge in [0.05, 0.1) is 19.2 Å². The summed E-state index contributed by atoms with van der Waals surface area (Å²) in [5, 5.41) is 5.96. The van der Waals surface area contributed by atoms with Gasteiger partial charge in [0, 0.05) is 21.8 Å². The van der Waals surface area contributed by atoms with E-state index < -0.39 is 0 Å². The SMILES string of the molecule is CNC(Cc1sccc1Br)c1cc(Cl)c(OC)c(OC)c1. The van der Waals surface area contributed by atoms with Gasteiger partial charge < -0.3 is 14.8 Å². The number of nitrogens with one attached hydrogen (secondary N) is 1. The van der Waals surface area contributed by atoms with Gasteiger partial charge in [0.1, 0.15) is 0 Å². The second-order valence-corrected chi connectivity index (χ2v) is 6.74. The average molecular weight is 391 g/mol. The molecule has 1 unspecified atom stereocenters. The van der Waals surface area contributed by atoms with Crippen LogP contribution in [0.5, 0.6) is 11.5 Å². The normalized spacial score (nSPS) is 12.2. The molecule has 0 radical (unpaired) electrons. The molecule has 1 aromatic heterocycles.